The fourth-order valence-corrected chi connectivity index (χ4v) is 3.27. The lowest BCUT2D eigenvalue weighted by Gasteiger charge is -2.38. The van der Waals surface area contributed by atoms with Crippen LogP contribution in [0.4, 0.5) is 0 Å². The average molecular weight is 327 g/mol. The third-order valence-electron chi connectivity index (χ3n) is 4.76. The smallest absolute Gasteiger partial charge is 0.289 e. The van der Waals surface area contributed by atoms with Crippen LogP contribution in [0.2, 0.25) is 0 Å². The first-order valence-electron chi connectivity index (χ1n) is 8.44. The van der Waals surface area contributed by atoms with E-state index in [-0.39, 0.29) is 30.5 Å². The van der Waals surface area contributed by atoms with Crippen molar-refractivity contribution in [2.45, 2.75) is 31.7 Å². The summed E-state index contributed by atoms with van der Waals surface area (Å²) in [5.74, 6) is 1.10. The van der Waals surface area contributed by atoms with Crippen LogP contribution in [0.15, 0.2) is 46.9 Å². The predicted molar refractivity (Wildman–Crippen MR) is 87.3 cm³/mol. The molecule has 1 saturated heterocycles. The van der Waals surface area contributed by atoms with Gasteiger partial charge >= 0.3 is 0 Å². The summed E-state index contributed by atoms with van der Waals surface area (Å²) in [6.45, 7) is 0.914. The molecule has 4 rings (SSSR count). The highest BCUT2D eigenvalue weighted by Crippen LogP contribution is 2.39. The zero-order valence-electron chi connectivity index (χ0n) is 13.4. The number of carbonyl (C=O) groups is 1. The summed E-state index contributed by atoms with van der Waals surface area (Å²) >= 11 is 0. The maximum atomic E-state index is 12.8. The summed E-state index contributed by atoms with van der Waals surface area (Å²) < 4.78 is 11.7. The van der Waals surface area contributed by atoms with Crippen LogP contribution in [-0.4, -0.2) is 35.1 Å². The van der Waals surface area contributed by atoms with E-state index < -0.39 is 0 Å². The minimum atomic E-state index is -0.201. The van der Waals surface area contributed by atoms with Gasteiger partial charge < -0.3 is 19.2 Å². The molecule has 0 radical (unpaired) electrons. The summed E-state index contributed by atoms with van der Waals surface area (Å²) in [4.78, 5) is 14.6. The molecule has 2 heterocycles. The first kappa shape index (κ1) is 15.4. The Balaban J connectivity index is 1.56. The number of furan rings is 1. The highest BCUT2D eigenvalue weighted by atomic mass is 16.5. The molecule has 2 fully saturated rings. The van der Waals surface area contributed by atoms with Gasteiger partial charge in [-0.2, -0.15) is 0 Å². The fourth-order valence-electron chi connectivity index (χ4n) is 3.27. The number of ether oxygens (including phenoxy) is 1. The molecular weight excluding hydrogens is 306 g/mol. The van der Waals surface area contributed by atoms with Gasteiger partial charge in [0.2, 0.25) is 0 Å². The van der Waals surface area contributed by atoms with E-state index in [1.165, 1.54) is 12.8 Å². The van der Waals surface area contributed by atoms with Crippen LogP contribution in [0.5, 0.6) is 0 Å². The minimum Gasteiger partial charge on any atom is -0.453 e. The van der Waals surface area contributed by atoms with Crippen LogP contribution in [0.1, 0.15) is 40.8 Å². The normalized spacial score (nSPS) is 24.1. The lowest BCUT2D eigenvalue weighted by molar-refractivity contribution is -0.0868. The Labute approximate surface area is 140 Å². The van der Waals surface area contributed by atoms with Crippen molar-refractivity contribution in [1.82, 2.24) is 4.90 Å². The van der Waals surface area contributed by atoms with E-state index in [1.54, 1.807) is 12.1 Å². The third-order valence-corrected chi connectivity index (χ3v) is 4.76. The van der Waals surface area contributed by atoms with Gasteiger partial charge in [-0.05, 0) is 36.5 Å². The zero-order valence-corrected chi connectivity index (χ0v) is 13.4. The average Bonchev–Trinajstić information content (AvgIpc) is 3.39. The molecule has 2 atom stereocenters. The molecule has 2 aliphatic rings. The molecule has 2 aromatic rings. The third kappa shape index (κ3) is 3.09. The van der Waals surface area contributed by atoms with E-state index >= 15 is 0 Å². The Bertz CT molecular complexity index is 707. The molecule has 24 heavy (non-hydrogen) atoms. The second-order valence-electron chi connectivity index (χ2n) is 6.55. The second kappa shape index (κ2) is 6.42. The van der Waals surface area contributed by atoms with Crippen LogP contribution < -0.4 is 0 Å². The molecule has 5 nitrogen and oxygen atoms in total. The number of amides is 1. The first-order chi connectivity index (χ1) is 11.7. The van der Waals surface area contributed by atoms with Crippen molar-refractivity contribution in [2.24, 2.45) is 5.92 Å². The molecule has 1 aromatic heterocycles. The highest BCUT2D eigenvalue weighted by molar-refractivity contribution is 5.91. The Kier molecular flexibility index (Phi) is 4.12. The van der Waals surface area contributed by atoms with E-state index in [0.717, 1.165) is 5.56 Å². The van der Waals surface area contributed by atoms with Crippen LogP contribution in [0.3, 0.4) is 0 Å². The standard InChI is InChI=1S/C19H21NO4/c21-12-15-8-9-16(23-15)19(22)20-10-17(13-4-2-1-3-5-13)24-18(11-20)14-6-7-14/h1-5,8-9,14,17-18,21H,6-7,10-12H2/t17-,18+/m0/s1. The molecule has 0 bridgehead atoms. The summed E-state index contributed by atoms with van der Waals surface area (Å²) in [5, 5.41) is 9.12. The number of morpholine rings is 1. The Hall–Kier alpha value is -2.11. The summed E-state index contributed by atoms with van der Waals surface area (Å²) in [6.07, 6.45) is 2.31. The van der Waals surface area contributed by atoms with Crippen molar-refractivity contribution >= 4 is 5.91 Å². The molecule has 5 heteroatoms. The number of hydrogen-bond donors (Lipinski definition) is 1. The van der Waals surface area contributed by atoms with Crippen LogP contribution in [0, 0.1) is 5.92 Å². The highest BCUT2D eigenvalue weighted by Gasteiger charge is 2.40. The lowest BCUT2D eigenvalue weighted by atomic mass is 10.0. The van der Waals surface area contributed by atoms with Crippen molar-refractivity contribution in [3.05, 3.63) is 59.5 Å². The molecular formula is C19H21NO4. The van der Waals surface area contributed by atoms with Gasteiger partial charge in [0.05, 0.1) is 12.6 Å². The van der Waals surface area contributed by atoms with Gasteiger partial charge in [-0.25, -0.2) is 0 Å². The van der Waals surface area contributed by atoms with Crippen LogP contribution in [-0.2, 0) is 11.3 Å². The van der Waals surface area contributed by atoms with Gasteiger partial charge in [-0.15, -0.1) is 0 Å². The SMILES string of the molecule is O=C(c1ccc(CO)o1)N1C[C@@H](c2ccccc2)O[C@@H](C2CC2)C1. The number of nitrogens with zero attached hydrogens (tertiary/aromatic N) is 1. The molecule has 0 spiro atoms. The minimum absolute atomic E-state index is 0.0835. The zero-order chi connectivity index (χ0) is 16.5. The second-order valence-corrected chi connectivity index (χ2v) is 6.55. The molecule has 126 valence electrons. The molecule has 0 unspecified atom stereocenters. The topological polar surface area (TPSA) is 62.9 Å². The molecule has 1 aliphatic heterocycles. The Morgan fingerprint density at radius 1 is 1.12 bits per heavy atom. The molecule has 1 amide bonds. The van der Waals surface area contributed by atoms with Crippen LogP contribution in [0.25, 0.3) is 0 Å². The Morgan fingerprint density at radius 3 is 2.58 bits per heavy atom. The van der Waals surface area contributed by atoms with E-state index in [4.69, 9.17) is 14.3 Å². The number of carbonyl (C=O) groups excluding carboxylic acids is 1. The van der Waals surface area contributed by atoms with E-state index in [0.29, 0.717) is 24.8 Å². The number of aliphatic hydroxyl groups is 1. The quantitative estimate of drug-likeness (QED) is 0.938. The molecule has 1 aromatic carbocycles. The number of hydrogen-bond acceptors (Lipinski definition) is 4. The summed E-state index contributed by atoms with van der Waals surface area (Å²) in [7, 11) is 0. The van der Waals surface area contributed by atoms with Gasteiger partial charge in [-0.3, -0.25) is 4.79 Å². The summed E-state index contributed by atoms with van der Waals surface area (Å²) in [6, 6.07) is 13.3. The Morgan fingerprint density at radius 2 is 1.92 bits per heavy atom. The molecule has 1 aliphatic carbocycles. The van der Waals surface area contributed by atoms with Gasteiger partial charge in [-0.1, -0.05) is 30.3 Å². The van der Waals surface area contributed by atoms with E-state index in [2.05, 4.69) is 0 Å². The van der Waals surface area contributed by atoms with Crippen molar-refractivity contribution in [1.29, 1.82) is 0 Å². The maximum Gasteiger partial charge on any atom is 0.289 e. The molecule has 1 saturated carbocycles. The monoisotopic (exact) mass is 327 g/mol. The first-order valence-corrected chi connectivity index (χ1v) is 8.44. The summed E-state index contributed by atoms with van der Waals surface area (Å²) in [5.41, 5.74) is 1.09. The van der Waals surface area contributed by atoms with E-state index in [1.807, 2.05) is 35.2 Å². The predicted octanol–water partition coefficient (Wildman–Crippen LogP) is 2.76. The maximum absolute atomic E-state index is 12.8. The number of benzene rings is 1. The fraction of sp³-hybridized carbons (Fsp3) is 0.421. The van der Waals surface area contributed by atoms with Crippen LogP contribution >= 0.6 is 0 Å². The number of rotatable bonds is 4. The van der Waals surface area contributed by atoms with Crippen molar-refractivity contribution in [2.75, 3.05) is 13.1 Å². The van der Waals surface area contributed by atoms with Crippen molar-refractivity contribution < 1.29 is 19.1 Å². The lowest BCUT2D eigenvalue weighted by Crippen LogP contribution is -2.47. The van der Waals surface area contributed by atoms with Crippen molar-refractivity contribution in [3.63, 3.8) is 0 Å². The van der Waals surface area contributed by atoms with Gasteiger partial charge in [0.15, 0.2) is 5.76 Å². The number of aliphatic hydroxyl groups excluding tert-OH is 1. The van der Waals surface area contributed by atoms with Gasteiger partial charge in [0.25, 0.3) is 5.91 Å². The van der Waals surface area contributed by atoms with Crippen molar-refractivity contribution in [3.8, 4) is 0 Å². The largest absolute Gasteiger partial charge is 0.453 e. The molecule has 1 N–H and O–H groups in total. The van der Waals surface area contributed by atoms with Gasteiger partial charge in [0.1, 0.15) is 18.5 Å². The van der Waals surface area contributed by atoms with Gasteiger partial charge in [0, 0.05) is 6.54 Å². The van der Waals surface area contributed by atoms with E-state index in [9.17, 15) is 4.79 Å².